The number of hydrogen-bond donors (Lipinski definition) is 0. The lowest BCUT2D eigenvalue weighted by molar-refractivity contribution is -0.132. The third-order valence-electron chi connectivity index (χ3n) is 1.98. The summed E-state index contributed by atoms with van der Waals surface area (Å²) in [4.78, 5) is 10.8. The second kappa shape index (κ2) is 4.77. The average molecular weight is 271 g/mol. The summed E-state index contributed by atoms with van der Waals surface area (Å²) in [6, 6.07) is 6.71. The number of ether oxygens (including phenoxy) is 1. The molecule has 0 aliphatic rings. The van der Waals surface area contributed by atoms with E-state index in [4.69, 9.17) is 27.9 Å². The van der Waals surface area contributed by atoms with Crippen LogP contribution in [0.2, 0.25) is 10.0 Å². The van der Waals surface area contributed by atoms with Gasteiger partial charge in [0.2, 0.25) is 5.88 Å². The molecule has 0 aliphatic carbocycles. The number of hydrogen-bond acceptors (Lipinski definition) is 3. The third kappa shape index (κ3) is 2.60. The van der Waals surface area contributed by atoms with E-state index in [1.165, 1.54) is 11.6 Å². The minimum Gasteiger partial charge on any atom is -0.406 e. The number of aromatic nitrogens is 2. The highest BCUT2D eigenvalue weighted by Crippen LogP contribution is 2.28. The lowest BCUT2D eigenvalue weighted by Crippen LogP contribution is -2.03. The zero-order valence-corrected chi connectivity index (χ0v) is 10.4. The molecule has 0 fully saturated rings. The second-order valence-electron chi connectivity index (χ2n) is 3.26. The Morgan fingerprint density at radius 2 is 1.94 bits per heavy atom. The zero-order chi connectivity index (χ0) is 12.4. The van der Waals surface area contributed by atoms with Crippen LogP contribution in [0.4, 0.5) is 0 Å². The molecule has 0 radical (unpaired) electrons. The number of esters is 1. The molecule has 88 valence electrons. The highest BCUT2D eigenvalue weighted by atomic mass is 35.5. The molecule has 1 heterocycles. The van der Waals surface area contributed by atoms with Gasteiger partial charge in [-0.1, -0.05) is 29.3 Å². The van der Waals surface area contributed by atoms with Gasteiger partial charge in [0.05, 0.1) is 10.0 Å². The van der Waals surface area contributed by atoms with Gasteiger partial charge >= 0.3 is 5.97 Å². The SMILES string of the molecule is CC(=O)Oc1ccn(-c2c(Cl)cccc2Cl)n1. The van der Waals surface area contributed by atoms with E-state index in [1.54, 1.807) is 30.5 Å². The summed E-state index contributed by atoms with van der Waals surface area (Å²) in [5.74, 6) is -0.228. The lowest BCUT2D eigenvalue weighted by Gasteiger charge is -2.05. The van der Waals surface area contributed by atoms with E-state index in [-0.39, 0.29) is 5.88 Å². The van der Waals surface area contributed by atoms with Gasteiger partial charge in [-0.05, 0) is 12.1 Å². The van der Waals surface area contributed by atoms with Gasteiger partial charge in [0.1, 0.15) is 5.69 Å². The maximum Gasteiger partial charge on any atom is 0.309 e. The quantitative estimate of drug-likeness (QED) is 0.788. The Kier molecular flexibility index (Phi) is 3.36. The summed E-state index contributed by atoms with van der Waals surface area (Å²) in [5.41, 5.74) is 0.550. The minimum atomic E-state index is -0.430. The van der Waals surface area contributed by atoms with Gasteiger partial charge in [-0.15, -0.1) is 5.10 Å². The van der Waals surface area contributed by atoms with Crippen LogP contribution in [-0.2, 0) is 4.79 Å². The molecule has 0 bridgehead atoms. The number of carbonyl (C=O) groups excluding carboxylic acids is 1. The van der Waals surface area contributed by atoms with Gasteiger partial charge in [-0.25, -0.2) is 4.68 Å². The summed E-state index contributed by atoms with van der Waals surface area (Å²) in [5, 5.41) is 4.98. The van der Waals surface area contributed by atoms with Gasteiger partial charge in [0.15, 0.2) is 0 Å². The van der Waals surface area contributed by atoms with Gasteiger partial charge in [0.25, 0.3) is 0 Å². The predicted molar refractivity (Wildman–Crippen MR) is 64.9 cm³/mol. The maximum atomic E-state index is 10.8. The standard InChI is InChI=1S/C11H8Cl2N2O2/c1-7(16)17-10-5-6-15(14-10)11-8(12)3-2-4-9(11)13/h2-6H,1H3. The Morgan fingerprint density at radius 1 is 1.29 bits per heavy atom. The number of halogens is 2. The molecule has 0 spiro atoms. The Balaban J connectivity index is 2.40. The molecule has 0 amide bonds. The van der Waals surface area contributed by atoms with Crippen molar-refractivity contribution in [1.82, 2.24) is 9.78 Å². The molecule has 1 aromatic heterocycles. The number of nitrogens with zero attached hydrogens (tertiary/aromatic N) is 2. The summed E-state index contributed by atoms with van der Waals surface area (Å²) in [7, 11) is 0. The van der Waals surface area contributed by atoms with Gasteiger partial charge in [0, 0.05) is 19.2 Å². The van der Waals surface area contributed by atoms with Crippen molar-refractivity contribution in [2.75, 3.05) is 0 Å². The minimum absolute atomic E-state index is 0.202. The number of benzene rings is 1. The fourth-order valence-electron chi connectivity index (χ4n) is 1.34. The largest absolute Gasteiger partial charge is 0.406 e. The van der Waals surface area contributed by atoms with Crippen LogP contribution < -0.4 is 4.74 Å². The summed E-state index contributed by atoms with van der Waals surface area (Å²) < 4.78 is 6.30. The van der Waals surface area contributed by atoms with E-state index in [1.807, 2.05) is 0 Å². The predicted octanol–water partition coefficient (Wildman–Crippen LogP) is 3.10. The van der Waals surface area contributed by atoms with Crippen molar-refractivity contribution in [3.63, 3.8) is 0 Å². The molecular weight excluding hydrogens is 263 g/mol. The summed E-state index contributed by atoms with van der Waals surface area (Å²) in [6.45, 7) is 1.31. The van der Waals surface area contributed by atoms with Crippen molar-refractivity contribution < 1.29 is 9.53 Å². The first-order valence-corrected chi connectivity index (χ1v) is 5.52. The normalized spacial score (nSPS) is 10.3. The Hall–Kier alpha value is -1.52. The van der Waals surface area contributed by atoms with Crippen molar-refractivity contribution in [3.05, 3.63) is 40.5 Å². The molecule has 0 aliphatic heterocycles. The van der Waals surface area contributed by atoms with E-state index in [0.717, 1.165) is 0 Å². The fraction of sp³-hybridized carbons (Fsp3) is 0.0909. The first kappa shape index (κ1) is 12.0. The molecule has 0 unspecified atom stereocenters. The van der Waals surface area contributed by atoms with E-state index >= 15 is 0 Å². The molecule has 4 nitrogen and oxygen atoms in total. The third-order valence-corrected chi connectivity index (χ3v) is 2.59. The van der Waals surface area contributed by atoms with Crippen LogP contribution in [-0.4, -0.2) is 15.7 Å². The average Bonchev–Trinajstić information content (AvgIpc) is 2.65. The van der Waals surface area contributed by atoms with Crippen molar-refractivity contribution in [1.29, 1.82) is 0 Å². The van der Waals surface area contributed by atoms with Crippen molar-refractivity contribution in [2.24, 2.45) is 0 Å². The van der Waals surface area contributed by atoms with Gasteiger partial charge in [-0.2, -0.15) is 0 Å². The zero-order valence-electron chi connectivity index (χ0n) is 8.85. The number of para-hydroxylation sites is 1. The highest BCUT2D eigenvalue weighted by Gasteiger charge is 2.10. The molecule has 0 saturated heterocycles. The van der Waals surface area contributed by atoms with Crippen LogP contribution in [0.5, 0.6) is 5.88 Å². The van der Waals surface area contributed by atoms with Crippen molar-refractivity contribution >= 4 is 29.2 Å². The van der Waals surface area contributed by atoms with Crippen molar-refractivity contribution in [2.45, 2.75) is 6.92 Å². The monoisotopic (exact) mass is 270 g/mol. The molecule has 2 aromatic rings. The molecule has 0 atom stereocenters. The summed E-state index contributed by atoms with van der Waals surface area (Å²) in [6.07, 6.45) is 1.62. The highest BCUT2D eigenvalue weighted by molar-refractivity contribution is 6.37. The summed E-state index contributed by atoms with van der Waals surface area (Å²) >= 11 is 12.1. The molecule has 0 N–H and O–H groups in total. The first-order chi connectivity index (χ1) is 8.08. The fourth-order valence-corrected chi connectivity index (χ4v) is 1.91. The van der Waals surface area contributed by atoms with Crippen LogP contribution in [0.15, 0.2) is 30.5 Å². The van der Waals surface area contributed by atoms with Gasteiger partial charge < -0.3 is 4.74 Å². The number of carbonyl (C=O) groups is 1. The Bertz CT molecular complexity index is 546. The topological polar surface area (TPSA) is 44.1 Å². The maximum absolute atomic E-state index is 10.8. The molecule has 0 saturated carbocycles. The molecule has 1 aromatic carbocycles. The van der Waals surface area contributed by atoms with Crippen molar-refractivity contribution in [3.8, 4) is 11.6 Å². The van der Waals surface area contributed by atoms with Crippen LogP contribution in [0.1, 0.15) is 6.92 Å². The van der Waals surface area contributed by atoms with E-state index in [9.17, 15) is 4.79 Å². The van der Waals surface area contributed by atoms with Crippen LogP contribution >= 0.6 is 23.2 Å². The van der Waals surface area contributed by atoms with Crippen LogP contribution in [0.25, 0.3) is 5.69 Å². The molecule has 17 heavy (non-hydrogen) atoms. The molecular formula is C11H8Cl2N2O2. The Morgan fingerprint density at radius 3 is 2.53 bits per heavy atom. The first-order valence-electron chi connectivity index (χ1n) is 4.76. The second-order valence-corrected chi connectivity index (χ2v) is 4.08. The van der Waals surface area contributed by atoms with E-state index in [2.05, 4.69) is 5.10 Å². The molecule has 2 rings (SSSR count). The number of rotatable bonds is 2. The van der Waals surface area contributed by atoms with Gasteiger partial charge in [-0.3, -0.25) is 4.79 Å². The van der Waals surface area contributed by atoms with E-state index < -0.39 is 5.97 Å². The van der Waals surface area contributed by atoms with Crippen LogP contribution in [0.3, 0.4) is 0 Å². The van der Waals surface area contributed by atoms with Crippen LogP contribution in [0, 0.1) is 0 Å². The molecule has 6 heteroatoms. The lowest BCUT2D eigenvalue weighted by atomic mass is 10.3. The smallest absolute Gasteiger partial charge is 0.309 e. The Labute approximate surface area is 108 Å². The van der Waals surface area contributed by atoms with E-state index in [0.29, 0.717) is 15.7 Å².